The predicted octanol–water partition coefficient (Wildman–Crippen LogP) is 4.10. The Morgan fingerprint density at radius 1 is 1.08 bits per heavy atom. The Hall–Kier alpha value is -2.45. The molecular formula is C30H42N4O3. The third-order valence-corrected chi connectivity index (χ3v) is 9.27. The van der Waals surface area contributed by atoms with Crippen LogP contribution in [0.2, 0.25) is 0 Å². The standard InChI is InChI=1S/C30H42N4O3/c1-32(2)30(24-11-5-4-6-12-24)17-15-29(16-18-30)22-33(28(36)34(29)20-23-9-7-10-23)21-27(35)31-25-13-8-14-26(19-25)37-3/h4-6,8,11-14,19,23,28,36H,7,9-10,15-18,20-22H2,1-3H3,(H,31,35)/t28?,29-,30+. The number of methoxy groups -OCH3 is 1. The van der Waals surface area contributed by atoms with E-state index in [2.05, 4.69) is 59.5 Å². The van der Waals surface area contributed by atoms with Crippen molar-refractivity contribution in [2.45, 2.75) is 62.4 Å². The number of hydrogen-bond donors (Lipinski definition) is 2. The number of nitrogens with one attached hydrogen (secondary N) is 1. The van der Waals surface area contributed by atoms with Crippen molar-refractivity contribution in [2.24, 2.45) is 5.92 Å². The fraction of sp³-hybridized carbons (Fsp3) is 0.567. The van der Waals surface area contributed by atoms with E-state index in [0.29, 0.717) is 23.9 Å². The molecule has 1 atom stereocenters. The molecule has 7 nitrogen and oxygen atoms in total. The van der Waals surface area contributed by atoms with Gasteiger partial charge in [-0.3, -0.25) is 19.5 Å². The van der Waals surface area contributed by atoms with Crippen LogP contribution in [0, 0.1) is 5.92 Å². The summed E-state index contributed by atoms with van der Waals surface area (Å²) in [5, 5.41) is 14.5. The summed E-state index contributed by atoms with van der Waals surface area (Å²) in [5.74, 6) is 1.23. The molecule has 2 N–H and O–H groups in total. The second kappa shape index (κ2) is 10.7. The maximum absolute atomic E-state index is 13.0. The van der Waals surface area contributed by atoms with Gasteiger partial charge in [-0.25, -0.2) is 0 Å². The van der Waals surface area contributed by atoms with Crippen LogP contribution >= 0.6 is 0 Å². The molecule has 1 amide bonds. The highest BCUT2D eigenvalue weighted by atomic mass is 16.5. The normalized spacial score (nSPS) is 28.9. The molecule has 2 aromatic rings. The third-order valence-electron chi connectivity index (χ3n) is 9.27. The topological polar surface area (TPSA) is 68.3 Å². The molecule has 200 valence electrons. The molecular weight excluding hydrogens is 464 g/mol. The highest BCUT2D eigenvalue weighted by Gasteiger charge is 2.55. The van der Waals surface area contributed by atoms with Crippen molar-refractivity contribution in [1.82, 2.24) is 14.7 Å². The van der Waals surface area contributed by atoms with Crippen molar-refractivity contribution in [2.75, 3.05) is 46.2 Å². The number of carbonyl (C=O) groups excluding carboxylic acids is 1. The number of amides is 1. The number of anilines is 1. The first kappa shape index (κ1) is 26.2. The number of carbonyl (C=O) groups is 1. The third kappa shape index (κ3) is 5.15. The molecule has 0 radical (unpaired) electrons. The van der Waals surface area contributed by atoms with E-state index in [4.69, 9.17) is 4.74 Å². The van der Waals surface area contributed by atoms with Crippen LogP contribution in [0.1, 0.15) is 50.5 Å². The van der Waals surface area contributed by atoms with Gasteiger partial charge in [-0.15, -0.1) is 0 Å². The summed E-state index contributed by atoms with van der Waals surface area (Å²) >= 11 is 0. The summed E-state index contributed by atoms with van der Waals surface area (Å²) < 4.78 is 5.28. The minimum atomic E-state index is -0.736. The van der Waals surface area contributed by atoms with Gasteiger partial charge in [-0.05, 0) is 76.2 Å². The van der Waals surface area contributed by atoms with E-state index >= 15 is 0 Å². The molecule has 2 aliphatic carbocycles. The average Bonchev–Trinajstić information content (AvgIpc) is 3.12. The van der Waals surface area contributed by atoms with E-state index in [9.17, 15) is 9.90 Å². The zero-order valence-electron chi connectivity index (χ0n) is 22.5. The first-order valence-corrected chi connectivity index (χ1v) is 13.7. The SMILES string of the molecule is COc1cccc(NC(=O)CN2C[C@]3(CC[C@](c4ccccc4)(N(C)C)CC3)N(CC3CCC3)C2O)c1. The van der Waals surface area contributed by atoms with E-state index in [1.54, 1.807) is 7.11 Å². The Kier molecular flexibility index (Phi) is 7.59. The Morgan fingerprint density at radius 3 is 2.43 bits per heavy atom. The maximum atomic E-state index is 13.0. The lowest BCUT2D eigenvalue weighted by Crippen LogP contribution is -2.57. The lowest BCUT2D eigenvalue weighted by atomic mass is 9.68. The van der Waals surface area contributed by atoms with E-state index in [-0.39, 0.29) is 23.5 Å². The van der Waals surface area contributed by atoms with Crippen molar-refractivity contribution in [3.8, 4) is 5.75 Å². The Balaban J connectivity index is 1.33. The lowest BCUT2D eigenvalue weighted by Gasteiger charge is -2.52. The number of benzene rings is 2. The summed E-state index contributed by atoms with van der Waals surface area (Å²) in [5.41, 5.74) is 1.96. The highest BCUT2D eigenvalue weighted by molar-refractivity contribution is 5.92. The monoisotopic (exact) mass is 506 g/mol. The quantitative estimate of drug-likeness (QED) is 0.562. The molecule has 3 aliphatic rings. The smallest absolute Gasteiger partial charge is 0.238 e. The van der Waals surface area contributed by atoms with Crippen LogP contribution in [0.15, 0.2) is 54.6 Å². The number of ether oxygens (including phenoxy) is 1. The molecule has 2 saturated carbocycles. The molecule has 5 rings (SSSR count). The second-order valence-corrected chi connectivity index (χ2v) is 11.5. The molecule has 0 bridgehead atoms. The highest BCUT2D eigenvalue weighted by Crippen LogP contribution is 2.50. The van der Waals surface area contributed by atoms with Crippen LogP contribution in [-0.4, -0.2) is 78.4 Å². The van der Waals surface area contributed by atoms with Crippen LogP contribution in [-0.2, 0) is 10.3 Å². The fourth-order valence-corrected chi connectivity index (χ4v) is 6.77. The molecule has 1 unspecified atom stereocenters. The number of nitrogens with zero attached hydrogens (tertiary/aromatic N) is 3. The predicted molar refractivity (Wildman–Crippen MR) is 146 cm³/mol. The minimum absolute atomic E-state index is 0.00321. The zero-order chi connectivity index (χ0) is 26.0. The van der Waals surface area contributed by atoms with Gasteiger partial charge in [-0.1, -0.05) is 42.8 Å². The molecule has 0 aromatic heterocycles. The number of aliphatic hydroxyl groups excluding tert-OH is 1. The van der Waals surface area contributed by atoms with Gasteiger partial charge in [0.05, 0.1) is 13.7 Å². The van der Waals surface area contributed by atoms with Crippen molar-refractivity contribution < 1.29 is 14.6 Å². The second-order valence-electron chi connectivity index (χ2n) is 11.5. The van der Waals surface area contributed by atoms with Gasteiger partial charge in [0.25, 0.3) is 0 Å². The maximum Gasteiger partial charge on any atom is 0.238 e. The summed E-state index contributed by atoms with van der Waals surface area (Å²) in [6.07, 6.45) is 7.08. The molecule has 3 fully saturated rings. The lowest BCUT2D eigenvalue weighted by molar-refractivity contribution is -0.125. The molecule has 1 heterocycles. The van der Waals surface area contributed by atoms with Crippen LogP contribution in [0.3, 0.4) is 0 Å². The number of hydrogen-bond acceptors (Lipinski definition) is 6. The summed E-state index contributed by atoms with van der Waals surface area (Å²) in [4.78, 5) is 19.7. The van der Waals surface area contributed by atoms with Crippen molar-refractivity contribution in [1.29, 1.82) is 0 Å². The van der Waals surface area contributed by atoms with Crippen molar-refractivity contribution in [3.05, 3.63) is 60.2 Å². The largest absolute Gasteiger partial charge is 0.497 e. The van der Waals surface area contributed by atoms with Gasteiger partial charge in [-0.2, -0.15) is 0 Å². The van der Waals surface area contributed by atoms with Gasteiger partial charge < -0.3 is 15.2 Å². The molecule has 1 spiro atoms. The Labute approximate surface area is 221 Å². The molecule has 2 aromatic carbocycles. The van der Waals surface area contributed by atoms with E-state index in [1.807, 2.05) is 29.2 Å². The van der Waals surface area contributed by atoms with E-state index in [0.717, 1.165) is 32.2 Å². The van der Waals surface area contributed by atoms with Gasteiger partial charge in [0, 0.05) is 35.9 Å². The van der Waals surface area contributed by atoms with Crippen LogP contribution < -0.4 is 10.1 Å². The summed E-state index contributed by atoms with van der Waals surface area (Å²) in [6, 6.07) is 18.2. The first-order chi connectivity index (χ1) is 17.8. The zero-order valence-corrected chi connectivity index (χ0v) is 22.5. The van der Waals surface area contributed by atoms with Crippen LogP contribution in [0.25, 0.3) is 0 Å². The fourth-order valence-electron chi connectivity index (χ4n) is 6.77. The van der Waals surface area contributed by atoms with Crippen LogP contribution in [0.4, 0.5) is 5.69 Å². The van der Waals surface area contributed by atoms with Crippen molar-refractivity contribution >= 4 is 11.6 Å². The average molecular weight is 507 g/mol. The van der Waals surface area contributed by atoms with Gasteiger partial charge in [0.15, 0.2) is 6.35 Å². The van der Waals surface area contributed by atoms with Gasteiger partial charge in [0.1, 0.15) is 5.75 Å². The summed E-state index contributed by atoms with van der Waals surface area (Å²) in [7, 11) is 6.00. The Bertz CT molecular complexity index is 1060. The molecule has 1 aliphatic heterocycles. The molecule has 7 heteroatoms. The Morgan fingerprint density at radius 2 is 1.81 bits per heavy atom. The molecule has 37 heavy (non-hydrogen) atoms. The van der Waals surface area contributed by atoms with Crippen molar-refractivity contribution in [3.63, 3.8) is 0 Å². The van der Waals surface area contributed by atoms with E-state index in [1.165, 1.54) is 24.8 Å². The number of aliphatic hydroxyl groups is 1. The summed E-state index contributed by atoms with van der Waals surface area (Å²) in [6.45, 7) is 1.79. The van der Waals surface area contributed by atoms with E-state index < -0.39 is 6.35 Å². The van der Waals surface area contributed by atoms with Gasteiger partial charge in [0.2, 0.25) is 5.91 Å². The minimum Gasteiger partial charge on any atom is -0.497 e. The first-order valence-electron chi connectivity index (χ1n) is 13.7. The number of rotatable bonds is 8. The molecule has 1 saturated heterocycles. The van der Waals surface area contributed by atoms with Crippen LogP contribution in [0.5, 0.6) is 5.75 Å². The van der Waals surface area contributed by atoms with Gasteiger partial charge >= 0.3 is 0 Å².